The third-order valence-corrected chi connectivity index (χ3v) is 5.74. The number of carbonyl (C=O) groups excluding carboxylic acids is 2. The van der Waals surface area contributed by atoms with Gasteiger partial charge in [0.25, 0.3) is 0 Å². The summed E-state index contributed by atoms with van der Waals surface area (Å²) in [5.74, 6) is 0.616. The number of aryl methyl sites for hydroxylation is 2. The Hall–Kier alpha value is -2.82. The van der Waals surface area contributed by atoms with Gasteiger partial charge in [0.1, 0.15) is 11.8 Å². The second-order valence-electron chi connectivity index (χ2n) is 8.03. The van der Waals surface area contributed by atoms with Gasteiger partial charge < -0.3 is 15.0 Å². The lowest BCUT2D eigenvalue weighted by Gasteiger charge is -2.30. The molecule has 0 bridgehead atoms. The Balaban J connectivity index is 2.13. The minimum absolute atomic E-state index is 0.0258. The average Bonchev–Trinajstić information content (AvgIpc) is 2.81. The summed E-state index contributed by atoms with van der Waals surface area (Å²) in [5.41, 5.74) is 3.38. The van der Waals surface area contributed by atoms with E-state index in [9.17, 15) is 9.59 Å². The van der Waals surface area contributed by atoms with Crippen molar-refractivity contribution in [2.24, 2.45) is 0 Å². The highest BCUT2D eigenvalue weighted by atomic mass is 16.5. The van der Waals surface area contributed by atoms with Gasteiger partial charge in [-0.05, 0) is 61.9 Å². The van der Waals surface area contributed by atoms with Gasteiger partial charge in [0, 0.05) is 19.0 Å². The van der Waals surface area contributed by atoms with Crippen LogP contribution >= 0.6 is 0 Å². The van der Waals surface area contributed by atoms with E-state index >= 15 is 0 Å². The molecule has 0 aromatic heterocycles. The summed E-state index contributed by atoms with van der Waals surface area (Å²) in [6.07, 6.45) is 2.86. The molecule has 0 spiro atoms. The van der Waals surface area contributed by atoms with Gasteiger partial charge in [0.05, 0.1) is 7.11 Å². The number of nitrogens with zero attached hydrogens (tertiary/aromatic N) is 1. The zero-order valence-corrected chi connectivity index (χ0v) is 19.5. The van der Waals surface area contributed by atoms with Crippen LogP contribution in [0.15, 0.2) is 48.5 Å². The first-order chi connectivity index (χ1) is 14.9. The lowest BCUT2D eigenvalue weighted by molar-refractivity contribution is -0.140. The molecule has 0 aliphatic heterocycles. The summed E-state index contributed by atoms with van der Waals surface area (Å²) in [4.78, 5) is 27.6. The number of hydrogen-bond donors (Lipinski definition) is 1. The molecule has 0 saturated heterocycles. The smallest absolute Gasteiger partial charge is 0.242 e. The van der Waals surface area contributed by atoms with Crippen molar-refractivity contribution in [1.29, 1.82) is 0 Å². The molecular formula is C26H36N2O3. The Kier molecular flexibility index (Phi) is 9.57. The zero-order chi connectivity index (χ0) is 22.8. The van der Waals surface area contributed by atoms with Crippen molar-refractivity contribution in [2.75, 3.05) is 7.11 Å². The highest BCUT2D eigenvalue weighted by Crippen LogP contribution is 2.17. The lowest BCUT2D eigenvalue weighted by Crippen LogP contribution is -2.49. The molecule has 0 saturated carbocycles. The van der Waals surface area contributed by atoms with Crippen LogP contribution in [0.1, 0.15) is 57.2 Å². The molecule has 5 heteroatoms. The van der Waals surface area contributed by atoms with E-state index in [0.29, 0.717) is 19.4 Å². The quantitative estimate of drug-likeness (QED) is 0.577. The second kappa shape index (κ2) is 12.1. The molecular weight excluding hydrogens is 388 g/mol. The predicted octanol–water partition coefficient (Wildman–Crippen LogP) is 4.52. The number of nitrogens with one attached hydrogen (secondary N) is 1. The van der Waals surface area contributed by atoms with Crippen molar-refractivity contribution in [3.63, 3.8) is 0 Å². The zero-order valence-electron chi connectivity index (χ0n) is 19.5. The highest BCUT2D eigenvalue weighted by molar-refractivity contribution is 5.87. The van der Waals surface area contributed by atoms with Crippen LogP contribution in [0, 0.1) is 0 Å². The van der Waals surface area contributed by atoms with Crippen molar-refractivity contribution in [2.45, 2.75) is 72.0 Å². The summed E-state index contributed by atoms with van der Waals surface area (Å²) in [6, 6.07) is 15.5. The Bertz CT molecular complexity index is 831. The van der Waals surface area contributed by atoms with E-state index in [4.69, 9.17) is 4.74 Å². The highest BCUT2D eigenvalue weighted by Gasteiger charge is 2.26. The van der Waals surface area contributed by atoms with Gasteiger partial charge in [-0.1, -0.05) is 50.2 Å². The maximum absolute atomic E-state index is 13.2. The standard InChI is InChI=1S/C26H36N2O3/c1-6-19(3)27-26(30)20(4)28(18-23-12-15-24(31-5)16-13-23)25(29)17-14-22-10-8-21(7-2)9-11-22/h8-13,15-16,19-20H,6-7,14,17-18H2,1-5H3,(H,27,30)/t19-,20-/m1/s1. The fraction of sp³-hybridized carbons (Fsp3) is 0.462. The van der Waals surface area contributed by atoms with Crippen LogP contribution < -0.4 is 10.1 Å². The van der Waals surface area contributed by atoms with Crippen molar-refractivity contribution in [3.8, 4) is 5.75 Å². The van der Waals surface area contributed by atoms with Gasteiger partial charge >= 0.3 is 0 Å². The monoisotopic (exact) mass is 424 g/mol. The molecule has 2 aromatic carbocycles. The van der Waals surface area contributed by atoms with E-state index in [1.165, 1.54) is 5.56 Å². The predicted molar refractivity (Wildman–Crippen MR) is 125 cm³/mol. The van der Waals surface area contributed by atoms with E-state index in [1.54, 1.807) is 18.9 Å². The molecule has 0 aliphatic carbocycles. The Morgan fingerprint density at radius 2 is 1.52 bits per heavy atom. The summed E-state index contributed by atoms with van der Waals surface area (Å²) in [5, 5.41) is 3.00. The van der Waals surface area contributed by atoms with Gasteiger partial charge in [-0.2, -0.15) is 0 Å². The summed E-state index contributed by atoms with van der Waals surface area (Å²) in [6.45, 7) is 8.31. The lowest BCUT2D eigenvalue weighted by atomic mass is 10.0. The number of carbonyl (C=O) groups is 2. The Morgan fingerprint density at radius 3 is 2.06 bits per heavy atom. The maximum Gasteiger partial charge on any atom is 0.242 e. The van der Waals surface area contributed by atoms with Crippen molar-refractivity contribution < 1.29 is 14.3 Å². The van der Waals surface area contributed by atoms with Crippen LogP contribution in [-0.4, -0.2) is 35.9 Å². The molecule has 2 atom stereocenters. The van der Waals surface area contributed by atoms with Gasteiger partial charge in [-0.3, -0.25) is 9.59 Å². The molecule has 168 valence electrons. The number of amides is 2. The first kappa shape index (κ1) is 24.4. The topological polar surface area (TPSA) is 58.6 Å². The van der Waals surface area contributed by atoms with Crippen molar-refractivity contribution in [1.82, 2.24) is 10.2 Å². The molecule has 0 heterocycles. The van der Waals surface area contributed by atoms with Crippen LogP contribution in [-0.2, 0) is 29.0 Å². The Morgan fingerprint density at radius 1 is 0.935 bits per heavy atom. The van der Waals surface area contributed by atoms with Crippen LogP contribution in [0.5, 0.6) is 5.75 Å². The minimum Gasteiger partial charge on any atom is -0.497 e. The SMILES string of the molecule is CCc1ccc(CCC(=O)N(Cc2ccc(OC)cc2)[C@H](C)C(=O)N[C@H](C)CC)cc1. The molecule has 2 amide bonds. The minimum atomic E-state index is -0.550. The molecule has 1 N–H and O–H groups in total. The summed E-state index contributed by atoms with van der Waals surface area (Å²) >= 11 is 0. The third-order valence-electron chi connectivity index (χ3n) is 5.74. The first-order valence-corrected chi connectivity index (χ1v) is 11.2. The first-order valence-electron chi connectivity index (χ1n) is 11.2. The van der Waals surface area contributed by atoms with Crippen LogP contribution in [0.3, 0.4) is 0 Å². The molecule has 2 aromatic rings. The van der Waals surface area contributed by atoms with Gasteiger partial charge in [0.2, 0.25) is 11.8 Å². The van der Waals surface area contributed by atoms with Gasteiger partial charge in [0.15, 0.2) is 0 Å². The van der Waals surface area contributed by atoms with E-state index in [-0.39, 0.29) is 17.9 Å². The summed E-state index contributed by atoms with van der Waals surface area (Å²) < 4.78 is 5.22. The van der Waals surface area contributed by atoms with E-state index in [1.807, 2.05) is 38.1 Å². The molecule has 5 nitrogen and oxygen atoms in total. The number of methoxy groups -OCH3 is 1. The number of hydrogen-bond acceptors (Lipinski definition) is 3. The number of benzene rings is 2. The molecule has 0 radical (unpaired) electrons. The van der Waals surface area contributed by atoms with Crippen molar-refractivity contribution in [3.05, 3.63) is 65.2 Å². The van der Waals surface area contributed by atoms with Crippen LogP contribution in [0.2, 0.25) is 0 Å². The molecule has 2 rings (SSSR count). The van der Waals surface area contributed by atoms with Crippen LogP contribution in [0.4, 0.5) is 0 Å². The van der Waals surface area contributed by atoms with Gasteiger partial charge in [-0.25, -0.2) is 0 Å². The fourth-order valence-electron chi connectivity index (χ4n) is 3.31. The van der Waals surface area contributed by atoms with Crippen LogP contribution in [0.25, 0.3) is 0 Å². The number of ether oxygens (including phenoxy) is 1. The van der Waals surface area contributed by atoms with E-state index in [2.05, 4.69) is 36.5 Å². The normalized spacial score (nSPS) is 12.7. The van der Waals surface area contributed by atoms with Crippen molar-refractivity contribution >= 4 is 11.8 Å². The molecule has 31 heavy (non-hydrogen) atoms. The third kappa shape index (κ3) is 7.42. The van der Waals surface area contributed by atoms with Gasteiger partial charge in [-0.15, -0.1) is 0 Å². The average molecular weight is 425 g/mol. The Labute approximate surface area is 186 Å². The summed E-state index contributed by atoms with van der Waals surface area (Å²) in [7, 11) is 1.62. The molecule has 0 unspecified atom stereocenters. The maximum atomic E-state index is 13.2. The largest absolute Gasteiger partial charge is 0.497 e. The molecule has 0 aliphatic rings. The number of rotatable bonds is 11. The fourth-order valence-corrected chi connectivity index (χ4v) is 3.31. The second-order valence-corrected chi connectivity index (χ2v) is 8.03. The molecule has 0 fully saturated rings. The van der Waals surface area contributed by atoms with E-state index < -0.39 is 6.04 Å². The van der Waals surface area contributed by atoms with E-state index in [0.717, 1.165) is 29.7 Å².